The molecule has 4 nitrogen and oxygen atoms in total. The summed E-state index contributed by atoms with van der Waals surface area (Å²) >= 11 is 9.24. The van der Waals surface area contributed by atoms with Crippen LogP contribution in [-0.4, -0.2) is 37.7 Å². The van der Waals surface area contributed by atoms with E-state index in [1.54, 1.807) is 30.1 Å². The van der Waals surface area contributed by atoms with E-state index in [2.05, 4.69) is 21.2 Å². The number of carbonyl (C=O) groups excluding carboxylic acids is 1. The Labute approximate surface area is 126 Å². The molecule has 2 rings (SSSR count). The Hall–Kier alpha value is -0.780. The topological polar surface area (TPSA) is 41.6 Å². The molecule has 1 heterocycles. The fourth-order valence-electron chi connectivity index (χ4n) is 1.99. The Morgan fingerprint density at radius 3 is 3.05 bits per heavy atom. The Morgan fingerprint density at radius 1 is 1.63 bits per heavy atom. The van der Waals surface area contributed by atoms with Crippen LogP contribution in [0.2, 0.25) is 5.02 Å². The number of nitrogens with one attached hydrogen (secondary N) is 1. The van der Waals surface area contributed by atoms with Gasteiger partial charge in [-0.3, -0.25) is 0 Å². The summed E-state index contributed by atoms with van der Waals surface area (Å²) in [5.41, 5.74) is 0.718. The van der Waals surface area contributed by atoms with Gasteiger partial charge in [-0.25, -0.2) is 4.79 Å². The first-order chi connectivity index (χ1) is 9.06. The lowest BCUT2D eigenvalue weighted by molar-refractivity contribution is 0.175. The first kappa shape index (κ1) is 14.6. The van der Waals surface area contributed by atoms with E-state index >= 15 is 0 Å². The number of ether oxygens (including phenoxy) is 1. The number of nitrogens with zero attached hydrogens (tertiary/aromatic N) is 1. The molecule has 0 aromatic heterocycles. The summed E-state index contributed by atoms with van der Waals surface area (Å²) in [5, 5.41) is 3.46. The van der Waals surface area contributed by atoms with Gasteiger partial charge in [0.1, 0.15) is 0 Å². The molecule has 19 heavy (non-hydrogen) atoms. The van der Waals surface area contributed by atoms with Crippen molar-refractivity contribution >= 4 is 39.2 Å². The largest absolute Gasteiger partial charge is 0.381 e. The highest BCUT2D eigenvalue weighted by atomic mass is 79.9. The van der Waals surface area contributed by atoms with Crippen LogP contribution in [0.1, 0.15) is 6.42 Å². The van der Waals surface area contributed by atoms with Gasteiger partial charge in [0.2, 0.25) is 0 Å². The summed E-state index contributed by atoms with van der Waals surface area (Å²) in [4.78, 5) is 13.7. The number of anilines is 1. The van der Waals surface area contributed by atoms with E-state index in [9.17, 15) is 4.79 Å². The Balaban J connectivity index is 1.90. The van der Waals surface area contributed by atoms with Gasteiger partial charge in [-0.15, -0.1) is 0 Å². The molecule has 1 fully saturated rings. The highest BCUT2D eigenvalue weighted by Crippen LogP contribution is 2.25. The van der Waals surface area contributed by atoms with Crippen LogP contribution >= 0.6 is 27.5 Å². The average Bonchev–Trinajstić information content (AvgIpc) is 2.86. The predicted molar refractivity (Wildman–Crippen MR) is 79.7 cm³/mol. The van der Waals surface area contributed by atoms with E-state index in [-0.39, 0.29) is 6.03 Å². The van der Waals surface area contributed by atoms with Gasteiger partial charge in [0, 0.05) is 36.3 Å². The summed E-state index contributed by atoms with van der Waals surface area (Å²) in [7, 11) is 1.79. The SMILES string of the molecule is CN(CC1CCOC1)C(=O)Nc1ccc(Cl)c(Br)c1. The molecule has 2 amide bonds. The predicted octanol–water partition coefficient (Wildman–Crippen LogP) is 3.60. The van der Waals surface area contributed by atoms with E-state index in [0.29, 0.717) is 17.5 Å². The molecule has 0 spiro atoms. The molecular weight excluding hydrogens is 332 g/mol. The van der Waals surface area contributed by atoms with Crippen molar-refractivity contribution in [2.75, 3.05) is 32.1 Å². The van der Waals surface area contributed by atoms with E-state index in [0.717, 1.165) is 29.8 Å². The fourth-order valence-corrected chi connectivity index (χ4v) is 2.49. The van der Waals surface area contributed by atoms with E-state index in [4.69, 9.17) is 16.3 Å². The van der Waals surface area contributed by atoms with Gasteiger partial charge in [-0.2, -0.15) is 0 Å². The van der Waals surface area contributed by atoms with Crippen molar-refractivity contribution < 1.29 is 9.53 Å². The zero-order valence-corrected chi connectivity index (χ0v) is 13.0. The standard InChI is InChI=1S/C13H16BrClN2O2/c1-17(7-9-4-5-19-8-9)13(18)16-10-2-3-12(15)11(14)6-10/h2-3,6,9H,4-5,7-8H2,1H3,(H,16,18). The number of rotatable bonds is 3. The number of hydrogen-bond acceptors (Lipinski definition) is 2. The lowest BCUT2D eigenvalue weighted by Crippen LogP contribution is -2.35. The van der Waals surface area contributed by atoms with Crippen LogP contribution in [0.4, 0.5) is 10.5 Å². The summed E-state index contributed by atoms with van der Waals surface area (Å²) in [6, 6.07) is 5.18. The third-order valence-electron chi connectivity index (χ3n) is 3.07. The molecule has 0 saturated carbocycles. The molecule has 1 N–H and O–H groups in total. The van der Waals surface area contributed by atoms with Crippen LogP contribution in [0, 0.1) is 5.92 Å². The smallest absolute Gasteiger partial charge is 0.321 e. The van der Waals surface area contributed by atoms with Crippen molar-refractivity contribution in [1.29, 1.82) is 0 Å². The molecular formula is C13H16BrClN2O2. The summed E-state index contributed by atoms with van der Waals surface area (Å²) in [5.74, 6) is 0.438. The summed E-state index contributed by atoms with van der Waals surface area (Å²) in [6.07, 6.45) is 1.02. The number of amides is 2. The summed E-state index contributed by atoms with van der Waals surface area (Å²) < 4.78 is 6.07. The van der Waals surface area contributed by atoms with Gasteiger partial charge in [0.05, 0.1) is 11.6 Å². The minimum absolute atomic E-state index is 0.124. The van der Waals surface area contributed by atoms with Crippen LogP contribution in [-0.2, 0) is 4.74 Å². The van der Waals surface area contributed by atoms with Crippen molar-refractivity contribution in [2.45, 2.75) is 6.42 Å². The molecule has 0 aliphatic carbocycles. The number of carbonyl (C=O) groups is 1. The molecule has 104 valence electrons. The van der Waals surface area contributed by atoms with Crippen molar-refractivity contribution in [2.24, 2.45) is 5.92 Å². The lowest BCUT2D eigenvalue weighted by Gasteiger charge is -2.21. The van der Waals surface area contributed by atoms with Gasteiger partial charge in [-0.05, 0) is 40.5 Å². The van der Waals surface area contributed by atoms with Gasteiger partial charge in [0.25, 0.3) is 0 Å². The molecule has 1 aliphatic heterocycles. The highest BCUT2D eigenvalue weighted by molar-refractivity contribution is 9.10. The van der Waals surface area contributed by atoms with E-state index < -0.39 is 0 Å². The zero-order chi connectivity index (χ0) is 13.8. The monoisotopic (exact) mass is 346 g/mol. The van der Waals surface area contributed by atoms with Crippen molar-refractivity contribution in [3.05, 3.63) is 27.7 Å². The van der Waals surface area contributed by atoms with Crippen molar-refractivity contribution in [1.82, 2.24) is 4.90 Å². The maximum Gasteiger partial charge on any atom is 0.321 e. The zero-order valence-electron chi connectivity index (χ0n) is 10.7. The fraction of sp³-hybridized carbons (Fsp3) is 0.462. The second-order valence-corrected chi connectivity index (χ2v) is 5.93. The first-order valence-corrected chi connectivity index (χ1v) is 7.28. The third kappa shape index (κ3) is 4.09. The lowest BCUT2D eigenvalue weighted by atomic mass is 10.1. The Morgan fingerprint density at radius 2 is 2.42 bits per heavy atom. The number of urea groups is 1. The molecule has 1 saturated heterocycles. The molecule has 0 radical (unpaired) electrons. The van der Waals surface area contributed by atoms with Crippen LogP contribution in [0.3, 0.4) is 0 Å². The molecule has 1 aromatic carbocycles. The van der Waals surface area contributed by atoms with Gasteiger partial charge >= 0.3 is 6.03 Å². The number of halogens is 2. The normalized spacial score (nSPS) is 18.4. The average molecular weight is 348 g/mol. The molecule has 1 unspecified atom stereocenters. The van der Waals surface area contributed by atoms with Crippen LogP contribution in [0.25, 0.3) is 0 Å². The molecule has 1 atom stereocenters. The minimum Gasteiger partial charge on any atom is -0.381 e. The highest BCUT2D eigenvalue weighted by Gasteiger charge is 2.20. The van der Waals surface area contributed by atoms with Crippen LogP contribution < -0.4 is 5.32 Å². The molecule has 0 bridgehead atoms. The Kier molecular flexibility index (Phi) is 5.07. The van der Waals surface area contributed by atoms with Crippen molar-refractivity contribution in [3.63, 3.8) is 0 Å². The molecule has 6 heteroatoms. The van der Waals surface area contributed by atoms with Crippen molar-refractivity contribution in [3.8, 4) is 0 Å². The van der Waals surface area contributed by atoms with Crippen LogP contribution in [0.15, 0.2) is 22.7 Å². The number of hydrogen-bond donors (Lipinski definition) is 1. The molecule has 1 aliphatic rings. The Bertz CT molecular complexity index is 464. The number of benzene rings is 1. The second kappa shape index (κ2) is 6.59. The van der Waals surface area contributed by atoms with E-state index in [1.807, 2.05) is 0 Å². The van der Waals surface area contributed by atoms with Gasteiger partial charge < -0.3 is 15.0 Å². The molecule has 1 aromatic rings. The van der Waals surface area contributed by atoms with Crippen LogP contribution in [0.5, 0.6) is 0 Å². The second-order valence-electron chi connectivity index (χ2n) is 4.67. The van der Waals surface area contributed by atoms with Gasteiger partial charge in [-0.1, -0.05) is 11.6 Å². The quantitative estimate of drug-likeness (QED) is 0.907. The van der Waals surface area contributed by atoms with E-state index in [1.165, 1.54) is 0 Å². The minimum atomic E-state index is -0.124. The first-order valence-electron chi connectivity index (χ1n) is 6.11. The maximum atomic E-state index is 12.0. The summed E-state index contributed by atoms with van der Waals surface area (Å²) in [6.45, 7) is 2.25. The van der Waals surface area contributed by atoms with Gasteiger partial charge in [0.15, 0.2) is 0 Å². The maximum absolute atomic E-state index is 12.0. The third-order valence-corrected chi connectivity index (χ3v) is 4.29.